The summed E-state index contributed by atoms with van der Waals surface area (Å²) >= 11 is 0. The number of nitrogens with one attached hydrogen (secondary N) is 1. The smallest absolute Gasteiger partial charge is 0.152 e. The van der Waals surface area contributed by atoms with Crippen LogP contribution in [0.4, 0.5) is 11.6 Å². The largest absolute Gasteiger partial charge is 0.372 e. The number of hydrogen-bond acceptors (Lipinski definition) is 6. The Kier molecular flexibility index (Phi) is 3.19. The Labute approximate surface area is 101 Å². The molecule has 1 aliphatic heterocycles. The van der Waals surface area contributed by atoms with Gasteiger partial charge >= 0.3 is 0 Å². The zero-order chi connectivity index (χ0) is 12.5. The van der Waals surface area contributed by atoms with E-state index in [2.05, 4.69) is 15.3 Å². The van der Waals surface area contributed by atoms with Gasteiger partial charge in [-0.3, -0.25) is 4.98 Å². The van der Waals surface area contributed by atoms with Crippen molar-refractivity contribution in [2.75, 3.05) is 35.8 Å². The number of aromatic nitrogens is 2. The van der Waals surface area contributed by atoms with Crippen LogP contribution < -0.4 is 10.2 Å². The summed E-state index contributed by atoms with van der Waals surface area (Å²) in [6.45, 7) is 0. The average Bonchev–Trinajstić information content (AvgIpc) is 2.69. The standard InChI is InChI=1S/C10H16N4O2S/c1-11-9-5-12-6-10(13-9)14(2)8-3-4-17(15,16)7-8/h5-6,8H,3-4,7H2,1-2H3,(H,11,13). The van der Waals surface area contributed by atoms with Crippen LogP contribution in [0.2, 0.25) is 0 Å². The lowest BCUT2D eigenvalue weighted by molar-refractivity contribution is 0.600. The fourth-order valence-electron chi connectivity index (χ4n) is 1.91. The maximum atomic E-state index is 11.4. The summed E-state index contributed by atoms with van der Waals surface area (Å²) in [5.41, 5.74) is 0. The zero-order valence-corrected chi connectivity index (χ0v) is 10.7. The van der Waals surface area contributed by atoms with Crippen molar-refractivity contribution in [1.82, 2.24) is 9.97 Å². The molecular weight excluding hydrogens is 240 g/mol. The first-order valence-electron chi connectivity index (χ1n) is 5.45. The highest BCUT2D eigenvalue weighted by Crippen LogP contribution is 2.21. The summed E-state index contributed by atoms with van der Waals surface area (Å²) < 4.78 is 22.8. The number of sulfone groups is 1. The van der Waals surface area contributed by atoms with Crippen molar-refractivity contribution in [3.8, 4) is 0 Å². The third-order valence-corrected chi connectivity index (χ3v) is 4.75. The van der Waals surface area contributed by atoms with E-state index in [9.17, 15) is 8.42 Å². The number of nitrogens with zero attached hydrogens (tertiary/aromatic N) is 3. The van der Waals surface area contributed by atoms with Crippen LogP contribution in [0.5, 0.6) is 0 Å². The van der Waals surface area contributed by atoms with Gasteiger partial charge in [0.1, 0.15) is 11.6 Å². The molecule has 0 bridgehead atoms. The van der Waals surface area contributed by atoms with Gasteiger partial charge in [-0.25, -0.2) is 13.4 Å². The number of hydrogen-bond donors (Lipinski definition) is 1. The van der Waals surface area contributed by atoms with E-state index in [4.69, 9.17) is 0 Å². The van der Waals surface area contributed by atoms with E-state index in [0.29, 0.717) is 18.1 Å². The van der Waals surface area contributed by atoms with E-state index >= 15 is 0 Å². The number of rotatable bonds is 3. The van der Waals surface area contributed by atoms with Crippen LogP contribution in [0, 0.1) is 0 Å². The molecule has 1 N–H and O–H groups in total. The molecule has 1 aromatic rings. The molecular formula is C10H16N4O2S. The molecule has 94 valence electrons. The summed E-state index contributed by atoms with van der Waals surface area (Å²) in [5, 5.41) is 2.91. The fraction of sp³-hybridized carbons (Fsp3) is 0.600. The van der Waals surface area contributed by atoms with Crippen molar-refractivity contribution in [3.63, 3.8) is 0 Å². The summed E-state index contributed by atoms with van der Waals surface area (Å²) in [6, 6.07) is 0.00130. The Hall–Kier alpha value is -1.37. The molecule has 7 heteroatoms. The monoisotopic (exact) mass is 256 g/mol. The topological polar surface area (TPSA) is 75.2 Å². The zero-order valence-electron chi connectivity index (χ0n) is 9.92. The lowest BCUT2D eigenvalue weighted by Crippen LogP contribution is -2.33. The maximum Gasteiger partial charge on any atom is 0.152 e. The molecule has 1 unspecified atom stereocenters. The third kappa shape index (κ3) is 2.66. The van der Waals surface area contributed by atoms with Crippen LogP contribution >= 0.6 is 0 Å². The lowest BCUT2D eigenvalue weighted by Gasteiger charge is -2.24. The predicted molar refractivity (Wildman–Crippen MR) is 67.0 cm³/mol. The van der Waals surface area contributed by atoms with Gasteiger partial charge in [-0.2, -0.15) is 0 Å². The summed E-state index contributed by atoms with van der Waals surface area (Å²) in [4.78, 5) is 10.3. The average molecular weight is 256 g/mol. The molecule has 0 aromatic carbocycles. The Morgan fingerprint density at radius 3 is 2.82 bits per heavy atom. The van der Waals surface area contributed by atoms with Gasteiger partial charge in [-0.1, -0.05) is 0 Å². The summed E-state index contributed by atoms with van der Waals surface area (Å²) in [5.74, 6) is 1.84. The van der Waals surface area contributed by atoms with E-state index in [1.807, 2.05) is 11.9 Å². The van der Waals surface area contributed by atoms with Gasteiger partial charge in [0.25, 0.3) is 0 Å². The minimum absolute atomic E-state index is 0.00130. The molecule has 2 rings (SSSR count). The molecule has 6 nitrogen and oxygen atoms in total. The van der Waals surface area contributed by atoms with E-state index in [1.54, 1.807) is 19.4 Å². The van der Waals surface area contributed by atoms with Crippen molar-refractivity contribution in [1.29, 1.82) is 0 Å². The van der Waals surface area contributed by atoms with Crippen LogP contribution in [-0.4, -0.2) is 50.0 Å². The fourth-order valence-corrected chi connectivity index (χ4v) is 3.69. The van der Waals surface area contributed by atoms with Crippen LogP contribution in [-0.2, 0) is 9.84 Å². The Morgan fingerprint density at radius 2 is 2.24 bits per heavy atom. The molecule has 0 aliphatic carbocycles. The Balaban J connectivity index is 2.17. The highest BCUT2D eigenvalue weighted by atomic mass is 32.2. The highest BCUT2D eigenvalue weighted by molar-refractivity contribution is 7.91. The molecule has 2 heterocycles. The molecule has 1 fully saturated rings. The van der Waals surface area contributed by atoms with Crippen LogP contribution in [0.1, 0.15) is 6.42 Å². The molecule has 1 atom stereocenters. The number of anilines is 2. The molecule has 0 amide bonds. The SMILES string of the molecule is CNc1cncc(N(C)C2CCS(=O)(=O)C2)n1. The van der Waals surface area contributed by atoms with E-state index < -0.39 is 9.84 Å². The van der Waals surface area contributed by atoms with Gasteiger partial charge in [0, 0.05) is 20.1 Å². The first-order chi connectivity index (χ1) is 8.02. The first-order valence-corrected chi connectivity index (χ1v) is 7.27. The van der Waals surface area contributed by atoms with Gasteiger partial charge in [0.05, 0.1) is 23.9 Å². The second-order valence-electron chi connectivity index (χ2n) is 4.18. The molecule has 0 saturated carbocycles. The molecule has 17 heavy (non-hydrogen) atoms. The minimum Gasteiger partial charge on any atom is -0.372 e. The molecule has 1 aliphatic rings. The van der Waals surface area contributed by atoms with Crippen LogP contribution in [0.15, 0.2) is 12.4 Å². The van der Waals surface area contributed by atoms with Crippen LogP contribution in [0.3, 0.4) is 0 Å². The lowest BCUT2D eigenvalue weighted by atomic mass is 10.2. The van der Waals surface area contributed by atoms with E-state index in [0.717, 1.165) is 0 Å². The van der Waals surface area contributed by atoms with Crippen LogP contribution in [0.25, 0.3) is 0 Å². The Bertz CT molecular complexity index is 503. The third-order valence-electron chi connectivity index (χ3n) is 3.00. The second-order valence-corrected chi connectivity index (χ2v) is 6.41. The molecule has 1 saturated heterocycles. The maximum absolute atomic E-state index is 11.4. The molecule has 0 spiro atoms. The second kappa shape index (κ2) is 4.48. The van der Waals surface area contributed by atoms with Gasteiger partial charge < -0.3 is 10.2 Å². The van der Waals surface area contributed by atoms with Crippen molar-refractivity contribution < 1.29 is 8.42 Å². The van der Waals surface area contributed by atoms with Gasteiger partial charge in [-0.15, -0.1) is 0 Å². The molecule has 0 radical (unpaired) electrons. The first kappa shape index (κ1) is 12.1. The van der Waals surface area contributed by atoms with Gasteiger partial charge in [0.15, 0.2) is 9.84 Å². The summed E-state index contributed by atoms with van der Waals surface area (Å²) in [6.07, 6.45) is 3.93. The molecule has 1 aromatic heterocycles. The van der Waals surface area contributed by atoms with Crippen molar-refractivity contribution >= 4 is 21.5 Å². The summed E-state index contributed by atoms with van der Waals surface area (Å²) in [7, 11) is 0.758. The quantitative estimate of drug-likeness (QED) is 0.829. The normalized spacial score (nSPS) is 22.4. The Morgan fingerprint density at radius 1 is 1.47 bits per heavy atom. The van der Waals surface area contributed by atoms with Crippen molar-refractivity contribution in [3.05, 3.63) is 12.4 Å². The van der Waals surface area contributed by atoms with Crippen molar-refractivity contribution in [2.45, 2.75) is 12.5 Å². The highest BCUT2D eigenvalue weighted by Gasteiger charge is 2.31. The van der Waals surface area contributed by atoms with Gasteiger partial charge in [0.2, 0.25) is 0 Å². The van der Waals surface area contributed by atoms with Crippen molar-refractivity contribution in [2.24, 2.45) is 0 Å². The van der Waals surface area contributed by atoms with E-state index in [1.165, 1.54) is 0 Å². The van der Waals surface area contributed by atoms with E-state index in [-0.39, 0.29) is 17.5 Å². The predicted octanol–water partition coefficient (Wildman–Crippen LogP) is 0.142. The minimum atomic E-state index is -2.87. The van der Waals surface area contributed by atoms with Gasteiger partial charge in [-0.05, 0) is 6.42 Å².